The number of aromatic nitrogens is 1. The van der Waals surface area contributed by atoms with Crippen LogP contribution in [0.3, 0.4) is 0 Å². The second-order valence-electron chi connectivity index (χ2n) is 3.20. The normalized spacial score (nSPS) is 19.2. The van der Waals surface area contributed by atoms with E-state index < -0.39 is 5.60 Å². The van der Waals surface area contributed by atoms with E-state index in [9.17, 15) is 5.11 Å². The molecule has 12 heavy (non-hydrogen) atoms. The Labute approximate surface area is 75.0 Å². The molecule has 3 nitrogen and oxygen atoms in total. The van der Waals surface area contributed by atoms with Crippen molar-refractivity contribution in [3.63, 3.8) is 0 Å². The van der Waals surface area contributed by atoms with E-state index in [4.69, 9.17) is 4.74 Å². The summed E-state index contributed by atoms with van der Waals surface area (Å²) in [6, 6.07) is 0. The molecule has 1 aromatic heterocycles. The molecule has 2 rings (SSSR count). The quantitative estimate of drug-likeness (QED) is 0.770. The monoisotopic (exact) mass is 185 g/mol. The zero-order valence-electron chi connectivity index (χ0n) is 6.91. The third kappa shape index (κ3) is 1.59. The zero-order valence-corrected chi connectivity index (χ0v) is 7.73. The average molecular weight is 185 g/mol. The van der Waals surface area contributed by atoms with Crippen molar-refractivity contribution in [1.29, 1.82) is 0 Å². The van der Waals surface area contributed by atoms with Gasteiger partial charge in [0.25, 0.3) is 5.19 Å². The molecular formula is C8H11NO2S. The Bertz CT molecular complexity index is 280. The van der Waals surface area contributed by atoms with Gasteiger partial charge in [-0.1, -0.05) is 11.3 Å². The van der Waals surface area contributed by atoms with Crippen LogP contribution in [-0.4, -0.2) is 22.8 Å². The van der Waals surface area contributed by atoms with Gasteiger partial charge < -0.3 is 9.84 Å². The van der Waals surface area contributed by atoms with Crippen molar-refractivity contribution in [2.75, 3.05) is 7.11 Å². The SMILES string of the molecule is COc1ncc(CC2(O)CC2)s1. The Morgan fingerprint density at radius 2 is 2.50 bits per heavy atom. The number of methoxy groups -OCH3 is 1. The lowest BCUT2D eigenvalue weighted by Gasteiger charge is -2.02. The number of ether oxygens (including phenoxy) is 1. The molecule has 0 spiro atoms. The maximum Gasteiger partial charge on any atom is 0.273 e. The number of rotatable bonds is 3. The van der Waals surface area contributed by atoms with E-state index in [1.54, 1.807) is 13.3 Å². The third-order valence-electron chi connectivity index (χ3n) is 2.04. The van der Waals surface area contributed by atoms with Crippen LogP contribution in [-0.2, 0) is 6.42 Å². The highest BCUT2D eigenvalue weighted by Gasteiger charge is 2.40. The summed E-state index contributed by atoms with van der Waals surface area (Å²) in [6.45, 7) is 0. The maximum absolute atomic E-state index is 9.60. The largest absolute Gasteiger partial charge is 0.473 e. The Morgan fingerprint density at radius 1 is 1.75 bits per heavy atom. The molecule has 66 valence electrons. The Hall–Kier alpha value is -0.610. The van der Waals surface area contributed by atoms with Crippen molar-refractivity contribution in [2.45, 2.75) is 24.9 Å². The number of aliphatic hydroxyl groups is 1. The highest BCUT2D eigenvalue weighted by molar-refractivity contribution is 7.13. The fraction of sp³-hybridized carbons (Fsp3) is 0.625. The molecule has 1 saturated carbocycles. The third-order valence-corrected chi connectivity index (χ3v) is 3.00. The van der Waals surface area contributed by atoms with Gasteiger partial charge in [-0.3, -0.25) is 0 Å². The van der Waals surface area contributed by atoms with Crippen molar-refractivity contribution < 1.29 is 9.84 Å². The number of hydrogen-bond acceptors (Lipinski definition) is 4. The molecule has 0 atom stereocenters. The van der Waals surface area contributed by atoms with Crippen LogP contribution in [0, 0.1) is 0 Å². The average Bonchev–Trinajstić information content (AvgIpc) is 2.63. The smallest absolute Gasteiger partial charge is 0.273 e. The summed E-state index contributed by atoms with van der Waals surface area (Å²) in [5.41, 5.74) is -0.419. The molecule has 1 heterocycles. The number of thiazole rings is 1. The molecule has 4 heteroatoms. The molecule has 0 saturated heterocycles. The molecule has 0 radical (unpaired) electrons. The Kier molecular flexibility index (Phi) is 1.81. The van der Waals surface area contributed by atoms with Crippen LogP contribution in [0.25, 0.3) is 0 Å². The van der Waals surface area contributed by atoms with Crippen LogP contribution in [0.2, 0.25) is 0 Å². The molecular weight excluding hydrogens is 174 g/mol. The second-order valence-corrected chi connectivity index (χ2v) is 4.28. The minimum absolute atomic E-state index is 0.419. The predicted octanol–water partition coefficient (Wildman–Crippen LogP) is 1.22. The lowest BCUT2D eigenvalue weighted by molar-refractivity contribution is 0.152. The highest BCUT2D eigenvalue weighted by atomic mass is 32.1. The first-order valence-electron chi connectivity index (χ1n) is 3.93. The fourth-order valence-electron chi connectivity index (χ4n) is 1.11. The molecule has 0 unspecified atom stereocenters. The van der Waals surface area contributed by atoms with Gasteiger partial charge in [0.15, 0.2) is 0 Å². The molecule has 0 amide bonds. The van der Waals surface area contributed by atoms with Crippen molar-refractivity contribution >= 4 is 11.3 Å². The van der Waals surface area contributed by atoms with Gasteiger partial charge in [0.1, 0.15) is 0 Å². The van der Waals surface area contributed by atoms with Gasteiger partial charge in [0.2, 0.25) is 0 Å². The van der Waals surface area contributed by atoms with Crippen LogP contribution in [0.5, 0.6) is 5.19 Å². The van der Waals surface area contributed by atoms with E-state index in [1.165, 1.54) is 11.3 Å². The molecule has 1 N–H and O–H groups in total. The van der Waals surface area contributed by atoms with Gasteiger partial charge in [-0.2, -0.15) is 0 Å². The first kappa shape index (κ1) is 8.01. The van der Waals surface area contributed by atoms with Gasteiger partial charge in [0, 0.05) is 17.5 Å². The van der Waals surface area contributed by atoms with Crippen molar-refractivity contribution in [2.24, 2.45) is 0 Å². The molecule has 1 aliphatic carbocycles. The van der Waals surface area contributed by atoms with E-state index >= 15 is 0 Å². The molecule has 1 aromatic rings. The van der Waals surface area contributed by atoms with Crippen LogP contribution < -0.4 is 4.74 Å². The Balaban J connectivity index is 2.03. The van der Waals surface area contributed by atoms with Crippen LogP contribution in [0.1, 0.15) is 17.7 Å². The summed E-state index contributed by atoms with van der Waals surface area (Å²) < 4.78 is 4.96. The van der Waals surface area contributed by atoms with E-state index in [0.717, 1.165) is 24.1 Å². The van der Waals surface area contributed by atoms with E-state index in [0.29, 0.717) is 5.19 Å². The zero-order chi connectivity index (χ0) is 8.60. The second kappa shape index (κ2) is 2.71. The fourth-order valence-corrected chi connectivity index (χ4v) is 1.97. The first-order chi connectivity index (χ1) is 5.72. The molecule has 1 fully saturated rings. The lowest BCUT2D eigenvalue weighted by Crippen LogP contribution is -2.09. The minimum Gasteiger partial charge on any atom is -0.473 e. The van der Waals surface area contributed by atoms with Gasteiger partial charge >= 0.3 is 0 Å². The van der Waals surface area contributed by atoms with Crippen LogP contribution >= 0.6 is 11.3 Å². The van der Waals surface area contributed by atoms with E-state index in [2.05, 4.69) is 4.98 Å². The summed E-state index contributed by atoms with van der Waals surface area (Å²) in [5.74, 6) is 0. The first-order valence-corrected chi connectivity index (χ1v) is 4.75. The van der Waals surface area contributed by atoms with Crippen molar-refractivity contribution in [3.8, 4) is 5.19 Å². The van der Waals surface area contributed by atoms with Crippen molar-refractivity contribution in [1.82, 2.24) is 4.98 Å². The number of hydrogen-bond donors (Lipinski definition) is 1. The summed E-state index contributed by atoms with van der Waals surface area (Å²) in [6.07, 6.45) is 4.36. The standard InChI is InChI=1S/C8H11NO2S/c1-11-7-9-5-6(12-7)4-8(10)2-3-8/h5,10H,2-4H2,1H3. The summed E-state index contributed by atoms with van der Waals surface area (Å²) >= 11 is 1.51. The minimum atomic E-state index is -0.419. The molecule has 1 aliphatic rings. The summed E-state index contributed by atoms with van der Waals surface area (Å²) in [5, 5.41) is 10.3. The molecule has 0 bridgehead atoms. The predicted molar refractivity (Wildman–Crippen MR) is 46.6 cm³/mol. The van der Waals surface area contributed by atoms with Gasteiger partial charge in [-0.05, 0) is 12.8 Å². The van der Waals surface area contributed by atoms with Crippen LogP contribution in [0.15, 0.2) is 6.20 Å². The Morgan fingerprint density at radius 3 is 3.00 bits per heavy atom. The van der Waals surface area contributed by atoms with E-state index in [1.807, 2.05) is 0 Å². The summed E-state index contributed by atoms with van der Waals surface area (Å²) in [7, 11) is 1.61. The number of nitrogens with zero attached hydrogens (tertiary/aromatic N) is 1. The van der Waals surface area contributed by atoms with E-state index in [-0.39, 0.29) is 0 Å². The molecule has 0 aromatic carbocycles. The van der Waals surface area contributed by atoms with Gasteiger partial charge in [-0.15, -0.1) is 0 Å². The van der Waals surface area contributed by atoms with Crippen molar-refractivity contribution in [3.05, 3.63) is 11.1 Å². The maximum atomic E-state index is 9.60. The summed E-state index contributed by atoms with van der Waals surface area (Å²) in [4.78, 5) is 5.14. The van der Waals surface area contributed by atoms with Crippen LogP contribution in [0.4, 0.5) is 0 Å². The van der Waals surface area contributed by atoms with Gasteiger partial charge in [0.05, 0.1) is 12.7 Å². The topological polar surface area (TPSA) is 42.4 Å². The van der Waals surface area contributed by atoms with Gasteiger partial charge in [-0.25, -0.2) is 4.98 Å². The molecule has 0 aliphatic heterocycles. The lowest BCUT2D eigenvalue weighted by atomic mass is 10.2. The highest BCUT2D eigenvalue weighted by Crippen LogP contribution is 2.39.